The Morgan fingerprint density at radius 3 is 2.56 bits per heavy atom. The second-order valence-electron chi connectivity index (χ2n) is 6.33. The van der Waals surface area contributed by atoms with E-state index < -0.39 is 0 Å². The molecule has 0 atom stereocenters. The van der Waals surface area contributed by atoms with Crippen LogP contribution < -0.4 is 0 Å². The van der Waals surface area contributed by atoms with Gasteiger partial charge in [-0.15, -0.1) is 0 Å². The van der Waals surface area contributed by atoms with Gasteiger partial charge in [-0.3, -0.25) is 9.59 Å². The van der Waals surface area contributed by atoms with Crippen LogP contribution in [0, 0.1) is 11.7 Å². The van der Waals surface area contributed by atoms with E-state index in [1.54, 1.807) is 47.2 Å². The lowest BCUT2D eigenvalue weighted by atomic mass is 9.95. The fourth-order valence-corrected chi connectivity index (χ4v) is 3.16. The lowest BCUT2D eigenvalue weighted by molar-refractivity contribution is -0.136. The maximum absolute atomic E-state index is 13.7. The molecule has 0 radical (unpaired) electrons. The lowest BCUT2D eigenvalue weighted by Gasteiger charge is -2.32. The molecule has 1 aromatic carbocycles. The molecule has 25 heavy (non-hydrogen) atoms. The smallest absolute Gasteiger partial charge is 0.289 e. The van der Waals surface area contributed by atoms with E-state index in [1.807, 2.05) is 0 Å². The summed E-state index contributed by atoms with van der Waals surface area (Å²) in [5, 5.41) is 0. The fraction of sp³-hybridized carbons (Fsp3) is 0.368. The monoisotopic (exact) mass is 344 g/mol. The van der Waals surface area contributed by atoms with Crippen molar-refractivity contribution >= 4 is 11.8 Å². The third-order valence-corrected chi connectivity index (χ3v) is 4.60. The van der Waals surface area contributed by atoms with Crippen LogP contribution in [0.2, 0.25) is 0 Å². The van der Waals surface area contributed by atoms with Gasteiger partial charge in [0.1, 0.15) is 5.82 Å². The summed E-state index contributed by atoms with van der Waals surface area (Å²) in [7, 11) is 1.69. The summed E-state index contributed by atoms with van der Waals surface area (Å²) >= 11 is 0. The molecule has 0 bridgehead atoms. The molecular weight excluding hydrogens is 323 g/mol. The van der Waals surface area contributed by atoms with Gasteiger partial charge < -0.3 is 14.2 Å². The molecule has 2 amide bonds. The number of furan rings is 1. The van der Waals surface area contributed by atoms with Gasteiger partial charge in [0.05, 0.1) is 6.26 Å². The molecule has 1 saturated heterocycles. The minimum absolute atomic E-state index is 0.00616. The van der Waals surface area contributed by atoms with E-state index in [1.165, 1.54) is 12.3 Å². The van der Waals surface area contributed by atoms with E-state index in [4.69, 9.17) is 4.42 Å². The van der Waals surface area contributed by atoms with Gasteiger partial charge in [0.25, 0.3) is 5.91 Å². The van der Waals surface area contributed by atoms with E-state index in [2.05, 4.69) is 0 Å². The van der Waals surface area contributed by atoms with Crippen LogP contribution in [0.25, 0.3) is 0 Å². The van der Waals surface area contributed by atoms with Crippen molar-refractivity contribution in [3.8, 4) is 0 Å². The molecular formula is C19H21FN2O3. The number of amides is 2. The Kier molecular flexibility index (Phi) is 5.16. The third-order valence-electron chi connectivity index (χ3n) is 4.60. The minimum Gasteiger partial charge on any atom is -0.459 e. The predicted molar refractivity (Wildman–Crippen MR) is 90.2 cm³/mol. The molecule has 3 rings (SSSR count). The molecule has 1 fully saturated rings. The Balaban J connectivity index is 1.54. The van der Waals surface area contributed by atoms with Crippen molar-refractivity contribution in [3.05, 3.63) is 59.8 Å². The van der Waals surface area contributed by atoms with E-state index in [0.717, 1.165) is 0 Å². The van der Waals surface area contributed by atoms with Crippen LogP contribution >= 0.6 is 0 Å². The zero-order chi connectivity index (χ0) is 17.8. The molecule has 0 spiro atoms. The van der Waals surface area contributed by atoms with Crippen molar-refractivity contribution in [2.75, 3.05) is 20.1 Å². The number of benzene rings is 1. The van der Waals surface area contributed by atoms with E-state index in [0.29, 0.717) is 37.3 Å². The van der Waals surface area contributed by atoms with Gasteiger partial charge in [0, 0.05) is 38.2 Å². The number of likely N-dealkylation sites (tertiary alicyclic amines) is 1. The van der Waals surface area contributed by atoms with Gasteiger partial charge in [0.15, 0.2) is 5.76 Å². The van der Waals surface area contributed by atoms with Gasteiger partial charge in [-0.25, -0.2) is 4.39 Å². The SMILES string of the molecule is CN(Cc1ccccc1F)C(=O)C1CCN(C(=O)c2ccco2)CC1. The average molecular weight is 344 g/mol. The van der Waals surface area contributed by atoms with Gasteiger partial charge >= 0.3 is 0 Å². The Labute approximate surface area is 146 Å². The summed E-state index contributed by atoms with van der Waals surface area (Å²) in [6.07, 6.45) is 2.68. The highest BCUT2D eigenvalue weighted by Crippen LogP contribution is 2.22. The van der Waals surface area contributed by atoms with Gasteiger partial charge in [-0.2, -0.15) is 0 Å². The highest BCUT2D eigenvalue weighted by molar-refractivity contribution is 5.91. The first-order chi connectivity index (χ1) is 12.1. The number of hydrogen-bond acceptors (Lipinski definition) is 3. The topological polar surface area (TPSA) is 53.8 Å². The van der Waals surface area contributed by atoms with Crippen LogP contribution in [0.15, 0.2) is 47.1 Å². The standard InChI is InChI=1S/C19H21FN2O3/c1-21(13-15-5-2-3-6-16(15)20)18(23)14-8-10-22(11-9-14)19(24)17-7-4-12-25-17/h2-7,12,14H,8-11,13H2,1H3. The Morgan fingerprint density at radius 1 is 1.20 bits per heavy atom. The first kappa shape index (κ1) is 17.2. The highest BCUT2D eigenvalue weighted by Gasteiger charge is 2.30. The van der Waals surface area contributed by atoms with Gasteiger partial charge in [-0.05, 0) is 31.0 Å². The third kappa shape index (κ3) is 3.90. The van der Waals surface area contributed by atoms with Crippen LogP contribution in [0.4, 0.5) is 4.39 Å². The quantitative estimate of drug-likeness (QED) is 0.857. The molecule has 6 heteroatoms. The second kappa shape index (κ2) is 7.51. The summed E-state index contributed by atoms with van der Waals surface area (Å²) in [6, 6.07) is 9.79. The largest absolute Gasteiger partial charge is 0.459 e. The zero-order valence-corrected chi connectivity index (χ0v) is 14.2. The molecule has 0 N–H and O–H groups in total. The van der Waals surface area contributed by atoms with Crippen molar-refractivity contribution < 1.29 is 18.4 Å². The number of hydrogen-bond donors (Lipinski definition) is 0. The molecule has 5 nitrogen and oxygen atoms in total. The predicted octanol–water partition coefficient (Wildman–Crippen LogP) is 2.93. The van der Waals surface area contributed by atoms with Crippen molar-refractivity contribution in [1.82, 2.24) is 9.80 Å². The summed E-state index contributed by atoms with van der Waals surface area (Å²) in [5.41, 5.74) is 0.504. The van der Waals surface area contributed by atoms with Crippen LogP contribution in [-0.2, 0) is 11.3 Å². The second-order valence-corrected chi connectivity index (χ2v) is 6.33. The molecule has 0 aliphatic carbocycles. The van der Waals surface area contributed by atoms with Crippen molar-refractivity contribution in [2.45, 2.75) is 19.4 Å². The van der Waals surface area contributed by atoms with E-state index in [9.17, 15) is 14.0 Å². The van der Waals surface area contributed by atoms with Crippen molar-refractivity contribution in [1.29, 1.82) is 0 Å². The molecule has 132 valence electrons. The molecule has 2 heterocycles. The zero-order valence-electron chi connectivity index (χ0n) is 14.2. The summed E-state index contributed by atoms with van der Waals surface area (Å²) in [5.74, 6) is -0.274. The molecule has 1 aliphatic rings. The Bertz CT molecular complexity index is 737. The van der Waals surface area contributed by atoms with Crippen molar-refractivity contribution in [3.63, 3.8) is 0 Å². The summed E-state index contributed by atoms with van der Waals surface area (Å²) in [4.78, 5) is 28.1. The molecule has 1 aromatic heterocycles. The first-order valence-electron chi connectivity index (χ1n) is 8.37. The number of carbonyl (C=O) groups is 2. The molecule has 2 aromatic rings. The van der Waals surface area contributed by atoms with Crippen LogP contribution in [0.3, 0.4) is 0 Å². The van der Waals surface area contributed by atoms with Crippen molar-refractivity contribution in [2.24, 2.45) is 5.92 Å². The average Bonchev–Trinajstić information content (AvgIpc) is 3.17. The van der Waals surface area contributed by atoms with Gasteiger partial charge in [-0.1, -0.05) is 18.2 Å². The Morgan fingerprint density at radius 2 is 1.92 bits per heavy atom. The molecule has 0 unspecified atom stereocenters. The van der Waals surface area contributed by atoms with Crippen LogP contribution in [0.5, 0.6) is 0 Å². The number of piperidine rings is 1. The minimum atomic E-state index is -0.305. The molecule has 0 saturated carbocycles. The maximum Gasteiger partial charge on any atom is 0.289 e. The van der Waals surface area contributed by atoms with E-state index in [-0.39, 0.29) is 30.1 Å². The van der Waals surface area contributed by atoms with Gasteiger partial charge in [0.2, 0.25) is 5.91 Å². The van der Waals surface area contributed by atoms with Crippen LogP contribution in [0.1, 0.15) is 29.0 Å². The number of carbonyl (C=O) groups excluding carboxylic acids is 2. The maximum atomic E-state index is 13.7. The lowest BCUT2D eigenvalue weighted by Crippen LogP contribution is -2.43. The first-order valence-corrected chi connectivity index (χ1v) is 8.37. The van der Waals surface area contributed by atoms with E-state index >= 15 is 0 Å². The summed E-state index contributed by atoms with van der Waals surface area (Å²) < 4.78 is 18.9. The number of nitrogens with zero attached hydrogens (tertiary/aromatic N) is 2. The summed E-state index contributed by atoms with van der Waals surface area (Å²) in [6.45, 7) is 1.28. The fourth-order valence-electron chi connectivity index (χ4n) is 3.16. The highest BCUT2D eigenvalue weighted by atomic mass is 19.1. The number of rotatable bonds is 4. The normalized spacial score (nSPS) is 15.2. The number of halogens is 1. The Hall–Kier alpha value is -2.63. The molecule has 1 aliphatic heterocycles. The van der Waals surface area contributed by atoms with Crippen LogP contribution in [-0.4, -0.2) is 41.8 Å².